The normalized spacial score (nSPS) is 43.0. The van der Waals surface area contributed by atoms with Gasteiger partial charge in [-0.3, -0.25) is 4.79 Å². The molecular weight excluding hydrogens is 316 g/mol. The van der Waals surface area contributed by atoms with Crippen molar-refractivity contribution in [3.8, 4) is 0 Å². The number of hydrogen-bond donors (Lipinski definition) is 1. The van der Waals surface area contributed by atoms with E-state index in [-0.39, 0.29) is 42.0 Å². The molecule has 136 valence electrons. The van der Waals surface area contributed by atoms with Gasteiger partial charge in [-0.1, -0.05) is 20.8 Å². The molecule has 0 spiro atoms. The van der Waals surface area contributed by atoms with E-state index in [2.05, 4.69) is 26.1 Å². The summed E-state index contributed by atoms with van der Waals surface area (Å²) in [6, 6.07) is -0.577. The van der Waals surface area contributed by atoms with E-state index in [0.29, 0.717) is 25.5 Å². The molecule has 3 aliphatic rings. The predicted molar refractivity (Wildman–Crippen MR) is 96.5 cm³/mol. The third-order valence-corrected chi connectivity index (χ3v) is 6.03. The smallest absolute Gasteiger partial charge is 0.252 e. The summed E-state index contributed by atoms with van der Waals surface area (Å²) in [6.07, 6.45) is 3.38. The molecule has 0 aromatic heterocycles. The molecule has 7 atom stereocenters. The molecule has 1 amide bonds. The van der Waals surface area contributed by atoms with Crippen LogP contribution in [0.15, 0.2) is 0 Å². The molecule has 2 aliphatic heterocycles. The highest BCUT2D eigenvalue weighted by Gasteiger charge is 2.59. The van der Waals surface area contributed by atoms with E-state index < -0.39 is 5.60 Å². The number of carbonyl (C=O) groups excluding carboxylic acids is 1. The van der Waals surface area contributed by atoms with Crippen molar-refractivity contribution in [2.45, 2.75) is 76.3 Å². The summed E-state index contributed by atoms with van der Waals surface area (Å²) in [7, 11) is 11.9. The maximum atomic E-state index is 12.6. The van der Waals surface area contributed by atoms with Crippen LogP contribution in [0.1, 0.15) is 46.5 Å². The number of nitrogens with one attached hydrogen (secondary N) is 1. The van der Waals surface area contributed by atoms with Crippen molar-refractivity contribution in [2.75, 3.05) is 13.2 Å². The van der Waals surface area contributed by atoms with Crippen molar-refractivity contribution in [2.24, 2.45) is 17.8 Å². The standard InChI is InChI=1S/C18H29B2NO4/c1-10(2)8-14-13(9-15(19)24-14)23-7-6-21-17(22)18-5-4-12(11(18)3)16(20)25-18/h10-16H,4-9H2,1-3H3,(H,21,22)/t11?,12?,13-,14?,15-,16?,18+/m1/s1. The van der Waals surface area contributed by atoms with E-state index in [9.17, 15) is 4.79 Å². The molecule has 4 radical (unpaired) electrons. The molecule has 2 bridgehead atoms. The van der Waals surface area contributed by atoms with Crippen LogP contribution in [0.4, 0.5) is 0 Å². The van der Waals surface area contributed by atoms with Gasteiger partial charge >= 0.3 is 0 Å². The number of ether oxygens (including phenoxy) is 3. The summed E-state index contributed by atoms with van der Waals surface area (Å²) in [5.74, 6) is 0.925. The van der Waals surface area contributed by atoms with Gasteiger partial charge in [0.05, 0.1) is 18.8 Å². The van der Waals surface area contributed by atoms with Crippen molar-refractivity contribution >= 4 is 21.6 Å². The molecule has 3 fully saturated rings. The van der Waals surface area contributed by atoms with Crippen molar-refractivity contribution in [3.05, 3.63) is 0 Å². The molecule has 7 heteroatoms. The Kier molecular flexibility index (Phi) is 5.86. The van der Waals surface area contributed by atoms with Gasteiger partial charge in [0.15, 0.2) is 0 Å². The molecule has 2 saturated heterocycles. The monoisotopic (exact) mass is 345 g/mol. The highest BCUT2D eigenvalue weighted by atomic mass is 16.6. The number of amides is 1. The molecule has 25 heavy (non-hydrogen) atoms. The second kappa shape index (κ2) is 7.61. The molecule has 3 rings (SSSR count). The van der Waals surface area contributed by atoms with Crippen molar-refractivity contribution in [3.63, 3.8) is 0 Å². The SMILES string of the molecule is [B]C1O[C@@]2(C(=O)NCCO[C@@H]3C[C@H]([B])OC3CC(C)C)CCC1C2C. The minimum absolute atomic E-state index is 0.00148. The van der Waals surface area contributed by atoms with Gasteiger partial charge in [0.25, 0.3) is 5.91 Å². The Morgan fingerprint density at radius 1 is 1.40 bits per heavy atom. The summed E-state index contributed by atoms with van der Waals surface area (Å²) in [5.41, 5.74) is -0.747. The zero-order chi connectivity index (χ0) is 18.2. The summed E-state index contributed by atoms with van der Waals surface area (Å²) in [4.78, 5) is 12.6. The summed E-state index contributed by atoms with van der Waals surface area (Å²) >= 11 is 0. The van der Waals surface area contributed by atoms with Gasteiger partial charge in [-0.25, -0.2) is 0 Å². The average molecular weight is 345 g/mol. The highest BCUT2D eigenvalue weighted by Crippen LogP contribution is 2.51. The first-order valence-electron chi connectivity index (χ1n) is 9.58. The van der Waals surface area contributed by atoms with Crippen LogP contribution >= 0.6 is 0 Å². The highest BCUT2D eigenvalue weighted by molar-refractivity contribution is 6.12. The average Bonchev–Trinajstić information content (AvgIpc) is 3.12. The van der Waals surface area contributed by atoms with Crippen LogP contribution in [-0.2, 0) is 19.0 Å². The molecule has 1 N–H and O–H groups in total. The number of rotatable bonds is 7. The van der Waals surface area contributed by atoms with Crippen LogP contribution in [-0.4, -0.2) is 64.6 Å². The first kappa shape index (κ1) is 19.2. The van der Waals surface area contributed by atoms with Gasteiger partial charge < -0.3 is 19.5 Å². The zero-order valence-corrected chi connectivity index (χ0v) is 15.6. The van der Waals surface area contributed by atoms with Crippen molar-refractivity contribution < 1.29 is 19.0 Å². The molecule has 0 aromatic rings. The molecule has 4 unspecified atom stereocenters. The van der Waals surface area contributed by atoms with E-state index in [1.54, 1.807) is 0 Å². The van der Waals surface area contributed by atoms with Gasteiger partial charge in [0.1, 0.15) is 21.3 Å². The topological polar surface area (TPSA) is 56.8 Å². The Balaban J connectivity index is 1.43. The Bertz CT molecular complexity index is 492. The number of fused-ring (bicyclic) bond motifs is 2. The molecule has 0 aromatic carbocycles. The molecule has 1 saturated carbocycles. The summed E-state index contributed by atoms with van der Waals surface area (Å²) in [5, 5.41) is 2.97. The van der Waals surface area contributed by atoms with Crippen molar-refractivity contribution in [1.29, 1.82) is 0 Å². The largest absolute Gasteiger partial charge is 0.382 e. The van der Waals surface area contributed by atoms with Crippen LogP contribution in [0, 0.1) is 17.8 Å². The fourth-order valence-corrected chi connectivity index (χ4v) is 4.64. The quantitative estimate of drug-likeness (QED) is 0.555. The van der Waals surface area contributed by atoms with Crippen LogP contribution in [0.3, 0.4) is 0 Å². The Morgan fingerprint density at radius 2 is 2.16 bits per heavy atom. The lowest BCUT2D eigenvalue weighted by Crippen LogP contribution is -2.50. The Morgan fingerprint density at radius 3 is 2.76 bits per heavy atom. The fraction of sp³-hybridized carbons (Fsp3) is 0.944. The van der Waals surface area contributed by atoms with Gasteiger partial charge in [-0.05, 0) is 43.4 Å². The second-order valence-electron chi connectivity index (χ2n) is 8.21. The maximum absolute atomic E-state index is 12.6. The minimum atomic E-state index is -0.747. The van der Waals surface area contributed by atoms with Gasteiger partial charge in [-0.15, -0.1) is 0 Å². The molecular formula is C18H29B2NO4. The molecule has 1 aliphatic carbocycles. The van der Waals surface area contributed by atoms with Gasteiger partial charge in [-0.2, -0.15) is 0 Å². The van der Waals surface area contributed by atoms with E-state index in [1.165, 1.54) is 0 Å². The lowest BCUT2D eigenvalue weighted by Gasteiger charge is -2.30. The number of hydrogen-bond acceptors (Lipinski definition) is 4. The van der Waals surface area contributed by atoms with E-state index in [0.717, 1.165) is 19.3 Å². The lowest BCUT2D eigenvalue weighted by atomic mass is 9.82. The summed E-state index contributed by atoms with van der Waals surface area (Å²) < 4.78 is 17.5. The van der Waals surface area contributed by atoms with Crippen LogP contribution in [0.5, 0.6) is 0 Å². The first-order valence-corrected chi connectivity index (χ1v) is 9.58. The molecule has 2 heterocycles. The van der Waals surface area contributed by atoms with Gasteiger partial charge in [0.2, 0.25) is 0 Å². The zero-order valence-electron chi connectivity index (χ0n) is 15.6. The Hall–Kier alpha value is -0.520. The van der Waals surface area contributed by atoms with Crippen LogP contribution in [0.25, 0.3) is 0 Å². The van der Waals surface area contributed by atoms with Crippen LogP contribution < -0.4 is 5.32 Å². The fourth-order valence-electron chi connectivity index (χ4n) is 4.64. The lowest BCUT2D eigenvalue weighted by molar-refractivity contribution is -0.147. The predicted octanol–water partition coefficient (Wildman–Crippen LogP) is 1.13. The first-order chi connectivity index (χ1) is 11.8. The van der Waals surface area contributed by atoms with E-state index in [4.69, 9.17) is 29.9 Å². The maximum Gasteiger partial charge on any atom is 0.252 e. The third kappa shape index (κ3) is 3.79. The third-order valence-electron chi connectivity index (χ3n) is 6.03. The van der Waals surface area contributed by atoms with Crippen LogP contribution in [0.2, 0.25) is 0 Å². The summed E-state index contributed by atoms with van der Waals surface area (Å²) in [6.45, 7) is 7.28. The Labute approximate surface area is 153 Å². The molecule has 5 nitrogen and oxygen atoms in total. The number of carbonyl (C=O) groups is 1. The van der Waals surface area contributed by atoms with Crippen molar-refractivity contribution in [1.82, 2.24) is 5.32 Å². The van der Waals surface area contributed by atoms with Gasteiger partial charge in [0, 0.05) is 18.6 Å². The second-order valence-corrected chi connectivity index (χ2v) is 8.21. The van der Waals surface area contributed by atoms with E-state index >= 15 is 0 Å². The minimum Gasteiger partial charge on any atom is -0.382 e. The van der Waals surface area contributed by atoms with E-state index in [1.807, 2.05) is 0 Å².